The van der Waals surface area contributed by atoms with Crippen LogP contribution in [-0.2, 0) is 4.79 Å². The largest absolute Gasteiger partial charge is 0.497 e. The van der Waals surface area contributed by atoms with Gasteiger partial charge in [-0.05, 0) is 43.3 Å². The lowest BCUT2D eigenvalue weighted by Gasteiger charge is -2.13. The molecule has 2 aromatic carbocycles. The van der Waals surface area contributed by atoms with Gasteiger partial charge in [-0.15, -0.1) is 11.8 Å². The monoisotopic (exact) mass is 321 g/mol. The molecule has 0 heterocycles. The lowest BCUT2D eigenvalue weighted by Crippen LogP contribution is -2.22. The van der Waals surface area contributed by atoms with Gasteiger partial charge in [0.15, 0.2) is 0 Å². The van der Waals surface area contributed by atoms with Crippen molar-refractivity contribution in [2.75, 3.05) is 12.4 Å². The summed E-state index contributed by atoms with van der Waals surface area (Å²) in [5.41, 5.74) is 0.743. The van der Waals surface area contributed by atoms with E-state index in [-0.39, 0.29) is 11.2 Å². The second-order valence-corrected chi connectivity index (χ2v) is 6.20. The van der Waals surface area contributed by atoms with E-state index in [4.69, 9.17) is 16.3 Å². The zero-order chi connectivity index (χ0) is 15.2. The molecule has 21 heavy (non-hydrogen) atoms. The van der Waals surface area contributed by atoms with Crippen LogP contribution in [0.3, 0.4) is 0 Å². The minimum Gasteiger partial charge on any atom is -0.497 e. The lowest BCUT2D eigenvalue weighted by atomic mass is 10.3. The third kappa shape index (κ3) is 4.41. The predicted octanol–water partition coefficient (Wildman–Crippen LogP) is 4.47. The number of nitrogens with one attached hydrogen (secondary N) is 1. The summed E-state index contributed by atoms with van der Waals surface area (Å²) in [4.78, 5) is 13.1. The molecule has 0 aromatic heterocycles. The minimum absolute atomic E-state index is 0.0647. The topological polar surface area (TPSA) is 38.3 Å². The highest BCUT2D eigenvalue weighted by Gasteiger charge is 2.15. The van der Waals surface area contributed by atoms with Crippen molar-refractivity contribution in [2.24, 2.45) is 0 Å². The summed E-state index contributed by atoms with van der Waals surface area (Å²) in [6.45, 7) is 1.85. The van der Waals surface area contributed by atoms with Gasteiger partial charge < -0.3 is 10.1 Å². The van der Waals surface area contributed by atoms with Crippen LogP contribution < -0.4 is 10.1 Å². The van der Waals surface area contributed by atoms with E-state index in [9.17, 15) is 4.79 Å². The van der Waals surface area contributed by atoms with Crippen molar-refractivity contribution in [1.82, 2.24) is 0 Å². The molecule has 0 aliphatic carbocycles. The SMILES string of the molecule is COc1ccc(NC(=O)[C@@H](C)Sc2ccccc2Cl)cc1. The first-order valence-corrected chi connectivity index (χ1v) is 7.72. The molecule has 0 unspecified atom stereocenters. The predicted molar refractivity (Wildman–Crippen MR) is 88.4 cm³/mol. The minimum atomic E-state index is -0.244. The average Bonchev–Trinajstić information content (AvgIpc) is 2.50. The highest BCUT2D eigenvalue weighted by Crippen LogP contribution is 2.30. The smallest absolute Gasteiger partial charge is 0.237 e. The molecule has 110 valence electrons. The summed E-state index contributed by atoms with van der Waals surface area (Å²) in [5.74, 6) is 0.691. The number of ether oxygens (including phenoxy) is 1. The molecule has 2 aromatic rings. The van der Waals surface area contributed by atoms with Crippen LogP contribution >= 0.6 is 23.4 Å². The van der Waals surface area contributed by atoms with Crippen molar-refractivity contribution >= 4 is 35.0 Å². The summed E-state index contributed by atoms with van der Waals surface area (Å²) in [6, 6.07) is 14.7. The molecule has 0 fully saturated rings. The number of anilines is 1. The van der Waals surface area contributed by atoms with Gasteiger partial charge in [0.25, 0.3) is 0 Å². The van der Waals surface area contributed by atoms with Crippen LogP contribution in [0.15, 0.2) is 53.4 Å². The normalized spacial score (nSPS) is 11.8. The molecule has 0 bridgehead atoms. The van der Waals surface area contributed by atoms with Crippen LogP contribution in [0.5, 0.6) is 5.75 Å². The van der Waals surface area contributed by atoms with E-state index in [1.807, 2.05) is 55.5 Å². The third-order valence-electron chi connectivity index (χ3n) is 2.87. The zero-order valence-corrected chi connectivity index (χ0v) is 13.4. The number of methoxy groups -OCH3 is 1. The Morgan fingerprint density at radius 3 is 2.48 bits per heavy atom. The van der Waals surface area contributed by atoms with E-state index in [1.54, 1.807) is 7.11 Å². The molecule has 5 heteroatoms. The van der Waals surface area contributed by atoms with Crippen molar-refractivity contribution < 1.29 is 9.53 Å². The summed E-state index contributed by atoms with van der Waals surface area (Å²) >= 11 is 7.54. The van der Waals surface area contributed by atoms with E-state index in [2.05, 4.69) is 5.32 Å². The Kier molecular flexibility index (Phi) is 5.53. The van der Waals surface area contributed by atoms with Gasteiger partial charge in [0.05, 0.1) is 17.4 Å². The summed E-state index contributed by atoms with van der Waals surface area (Å²) in [7, 11) is 1.61. The van der Waals surface area contributed by atoms with Crippen LogP contribution in [-0.4, -0.2) is 18.3 Å². The average molecular weight is 322 g/mol. The van der Waals surface area contributed by atoms with Gasteiger partial charge in [-0.25, -0.2) is 0 Å². The van der Waals surface area contributed by atoms with Crippen LogP contribution in [0.4, 0.5) is 5.69 Å². The fourth-order valence-electron chi connectivity index (χ4n) is 1.70. The number of benzene rings is 2. The van der Waals surface area contributed by atoms with Gasteiger partial charge in [-0.2, -0.15) is 0 Å². The Balaban J connectivity index is 1.97. The first-order valence-electron chi connectivity index (χ1n) is 6.46. The molecule has 1 N–H and O–H groups in total. The van der Waals surface area contributed by atoms with Crippen LogP contribution in [0, 0.1) is 0 Å². The standard InChI is InChI=1S/C16H16ClNO2S/c1-11(21-15-6-4-3-5-14(15)17)16(19)18-12-7-9-13(20-2)10-8-12/h3-11H,1-2H3,(H,18,19)/t11-/m1/s1. The van der Waals surface area contributed by atoms with E-state index >= 15 is 0 Å². The Hall–Kier alpha value is -1.65. The number of amides is 1. The van der Waals surface area contributed by atoms with Crippen LogP contribution in [0.25, 0.3) is 0 Å². The zero-order valence-electron chi connectivity index (χ0n) is 11.8. The van der Waals surface area contributed by atoms with Gasteiger partial charge in [0.1, 0.15) is 5.75 Å². The fraction of sp³-hybridized carbons (Fsp3) is 0.188. The second kappa shape index (κ2) is 7.38. The van der Waals surface area contributed by atoms with Gasteiger partial charge >= 0.3 is 0 Å². The molecule has 0 saturated heterocycles. The third-order valence-corrected chi connectivity index (χ3v) is 4.49. The highest BCUT2D eigenvalue weighted by atomic mass is 35.5. The maximum Gasteiger partial charge on any atom is 0.237 e. The van der Waals surface area contributed by atoms with Crippen molar-refractivity contribution in [1.29, 1.82) is 0 Å². The van der Waals surface area contributed by atoms with Crippen molar-refractivity contribution in [3.63, 3.8) is 0 Å². The van der Waals surface area contributed by atoms with E-state index < -0.39 is 0 Å². The van der Waals surface area contributed by atoms with E-state index in [0.29, 0.717) is 5.02 Å². The van der Waals surface area contributed by atoms with E-state index in [1.165, 1.54) is 11.8 Å². The number of rotatable bonds is 5. The molecule has 1 atom stereocenters. The fourth-order valence-corrected chi connectivity index (χ4v) is 2.86. The van der Waals surface area contributed by atoms with Crippen molar-refractivity contribution in [3.05, 3.63) is 53.6 Å². The Morgan fingerprint density at radius 2 is 1.86 bits per heavy atom. The number of hydrogen-bond acceptors (Lipinski definition) is 3. The summed E-state index contributed by atoms with van der Waals surface area (Å²) < 4.78 is 5.08. The van der Waals surface area contributed by atoms with Crippen LogP contribution in [0.2, 0.25) is 5.02 Å². The maximum atomic E-state index is 12.2. The van der Waals surface area contributed by atoms with E-state index in [0.717, 1.165) is 16.3 Å². The second-order valence-electron chi connectivity index (χ2n) is 4.41. The molecule has 0 aliphatic heterocycles. The first kappa shape index (κ1) is 15.7. The van der Waals surface area contributed by atoms with Gasteiger partial charge in [-0.1, -0.05) is 23.7 Å². The number of carbonyl (C=O) groups is 1. The molecule has 0 aliphatic rings. The molecular weight excluding hydrogens is 306 g/mol. The number of thioether (sulfide) groups is 1. The quantitative estimate of drug-likeness (QED) is 0.826. The molecule has 0 radical (unpaired) electrons. The Labute approximate surface area is 133 Å². The molecule has 0 saturated carbocycles. The van der Waals surface area contributed by atoms with Crippen molar-refractivity contribution in [3.8, 4) is 5.75 Å². The molecule has 3 nitrogen and oxygen atoms in total. The Morgan fingerprint density at radius 1 is 1.19 bits per heavy atom. The molecular formula is C16H16ClNO2S. The van der Waals surface area contributed by atoms with Gasteiger partial charge in [-0.3, -0.25) is 4.79 Å². The summed E-state index contributed by atoms with van der Waals surface area (Å²) in [5, 5.41) is 3.29. The highest BCUT2D eigenvalue weighted by molar-refractivity contribution is 8.00. The maximum absolute atomic E-state index is 12.2. The number of carbonyl (C=O) groups excluding carboxylic acids is 1. The number of hydrogen-bond donors (Lipinski definition) is 1. The first-order chi connectivity index (χ1) is 10.1. The van der Waals surface area contributed by atoms with Crippen molar-refractivity contribution in [2.45, 2.75) is 17.1 Å². The number of halogens is 1. The molecule has 0 spiro atoms. The Bertz CT molecular complexity index is 616. The lowest BCUT2D eigenvalue weighted by molar-refractivity contribution is -0.115. The van der Waals surface area contributed by atoms with Crippen LogP contribution in [0.1, 0.15) is 6.92 Å². The van der Waals surface area contributed by atoms with Gasteiger partial charge in [0.2, 0.25) is 5.91 Å². The molecule has 2 rings (SSSR count). The summed E-state index contributed by atoms with van der Waals surface area (Å²) in [6.07, 6.45) is 0. The molecule has 1 amide bonds. The van der Waals surface area contributed by atoms with Gasteiger partial charge in [0, 0.05) is 10.6 Å².